The van der Waals surface area contributed by atoms with E-state index in [0.29, 0.717) is 26.4 Å². The van der Waals surface area contributed by atoms with Gasteiger partial charge in [-0.25, -0.2) is 4.98 Å². The SMILES string of the molecule is Cc1cccc(Nc2nc(C)c(C(=O)Nc3cccc(Cl)c3C)s2)c1. The fourth-order valence-electron chi connectivity index (χ4n) is 2.43. The molecule has 6 heteroatoms. The molecular weight excluding hydrogens is 354 g/mol. The highest BCUT2D eigenvalue weighted by molar-refractivity contribution is 7.17. The van der Waals surface area contributed by atoms with E-state index in [1.54, 1.807) is 6.07 Å². The molecule has 3 rings (SSSR count). The number of hydrogen-bond acceptors (Lipinski definition) is 4. The summed E-state index contributed by atoms with van der Waals surface area (Å²) in [5, 5.41) is 7.48. The molecule has 0 atom stereocenters. The summed E-state index contributed by atoms with van der Waals surface area (Å²) in [7, 11) is 0. The quantitative estimate of drug-likeness (QED) is 0.616. The molecule has 0 aliphatic heterocycles. The first-order valence-corrected chi connectivity index (χ1v) is 9.01. The second-order valence-corrected chi connectivity index (χ2v) is 7.20. The van der Waals surface area contributed by atoms with E-state index >= 15 is 0 Å². The molecule has 0 radical (unpaired) electrons. The number of aromatic nitrogens is 1. The van der Waals surface area contributed by atoms with Gasteiger partial charge in [0.2, 0.25) is 0 Å². The lowest BCUT2D eigenvalue weighted by molar-refractivity contribution is 0.102. The van der Waals surface area contributed by atoms with E-state index in [4.69, 9.17) is 11.6 Å². The Morgan fingerprint density at radius 3 is 2.64 bits per heavy atom. The Kier molecular flexibility index (Phi) is 5.06. The van der Waals surface area contributed by atoms with Crippen LogP contribution in [0.4, 0.5) is 16.5 Å². The van der Waals surface area contributed by atoms with Crippen molar-refractivity contribution in [1.29, 1.82) is 0 Å². The first kappa shape index (κ1) is 17.5. The standard InChI is InChI=1S/C19H18ClN3OS/c1-11-6-4-7-14(10-11)22-19-21-13(3)17(25-19)18(24)23-16-9-5-8-15(20)12(16)2/h4-10H,1-3H3,(H,21,22)(H,23,24). The number of nitrogens with zero attached hydrogens (tertiary/aromatic N) is 1. The van der Waals surface area contributed by atoms with Gasteiger partial charge in [0, 0.05) is 16.4 Å². The van der Waals surface area contributed by atoms with Crippen LogP contribution in [0.3, 0.4) is 0 Å². The largest absolute Gasteiger partial charge is 0.332 e. The fraction of sp³-hybridized carbons (Fsp3) is 0.158. The number of thiazole rings is 1. The average Bonchev–Trinajstić information content (AvgIpc) is 2.92. The van der Waals surface area contributed by atoms with Gasteiger partial charge in [0.1, 0.15) is 4.88 Å². The lowest BCUT2D eigenvalue weighted by Crippen LogP contribution is -2.12. The van der Waals surface area contributed by atoms with Crippen molar-refractivity contribution in [3.8, 4) is 0 Å². The van der Waals surface area contributed by atoms with Gasteiger partial charge in [0.25, 0.3) is 5.91 Å². The van der Waals surface area contributed by atoms with Crippen LogP contribution in [-0.2, 0) is 0 Å². The van der Waals surface area contributed by atoms with Crippen molar-refractivity contribution in [1.82, 2.24) is 4.98 Å². The number of anilines is 3. The molecule has 0 saturated carbocycles. The van der Waals surface area contributed by atoms with E-state index < -0.39 is 0 Å². The van der Waals surface area contributed by atoms with Gasteiger partial charge >= 0.3 is 0 Å². The average molecular weight is 372 g/mol. The van der Waals surface area contributed by atoms with Crippen LogP contribution in [0.5, 0.6) is 0 Å². The Morgan fingerprint density at radius 2 is 1.88 bits per heavy atom. The van der Waals surface area contributed by atoms with Gasteiger partial charge in [0.05, 0.1) is 5.69 Å². The number of hydrogen-bond donors (Lipinski definition) is 2. The zero-order chi connectivity index (χ0) is 18.0. The van der Waals surface area contributed by atoms with Crippen LogP contribution < -0.4 is 10.6 Å². The molecule has 0 saturated heterocycles. The smallest absolute Gasteiger partial charge is 0.267 e. The van der Waals surface area contributed by atoms with Crippen molar-refractivity contribution in [2.45, 2.75) is 20.8 Å². The van der Waals surface area contributed by atoms with Gasteiger partial charge < -0.3 is 10.6 Å². The molecule has 1 amide bonds. The minimum Gasteiger partial charge on any atom is -0.332 e. The molecule has 0 fully saturated rings. The van der Waals surface area contributed by atoms with Crippen molar-refractivity contribution >= 4 is 45.4 Å². The number of carbonyl (C=O) groups excluding carboxylic acids is 1. The van der Waals surface area contributed by atoms with Crippen molar-refractivity contribution < 1.29 is 4.79 Å². The number of aryl methyl sites for hydroxylation is 2. The highest BCUT2D eigenvalue weighted by Crippen LogP contribution is 2.28. The number of rotatable bonds is 4. The molecule has 0 spiro atoms. The summed E-state index contributed by atoms with van der Waals surface area (Å²) in [6, 6.07) is 13.5. The fourth-order valence-corrected chi connectivity index (χ4v) is 3.49. The van der Waals surface area contributed by atoms with E-state index in [1.807, 2.05) is 57.2 Å². The lowest BCUT2D eigenvalue weighted by atomic mass is 10.2. The third-order valence-electron chi connectivity index (χ3n) is 3.79. The highest BCUT2D eigenvalue weighted by atomic mass is 35.5. The molecule has 128 valence electrons. The third kappa shape index (κ3) is 4.00. The van der Waals surface area contributed by atoms with E-state index in [1.165, 1.54) is 11.3 Å². The highest BCUT2D eigenvalue weighted by Gasteiger charge is 2.17. The lowest BCUT2D eigenvalue weighted by Gasteiger charge is -2.08. The van der Waals surface area contributed by atoms with E-state index in [9.17, 15) is 4.79 Å². The predicted molar refractivity (Wildman–Crippen MR) is 105 cm³/mol. The van der Waals surface area contributed by atoms with Gasteiger partial charge in [-0.1, -0.05) is 41.1 Å². The number of nitrogens with one attached hydrogen (secondary N) is 2. The maximum atomic E-state index is 12.6. The maximum Gasteiger partial charge on any atom is 0.267 e. The number of carbonyl (C=O) groups is 1. The van der Waals surface area contributed by atoms with E-state index in [2.05, 4.69) is 15.6 Å². The van der Waals surface area contributed by atoms with Crippen LogP contribution in [0.1, 0.15) is 26.5 Å². The molecular formula is C19H18ClN3OS. The third-order valence-corrected chi connectivity index (χ3v) is 5.27. The molecule has 1 aromatic heterocycles. The summed E-state index contributed by atoms with van der Waals surface area (Å²) < 4.78 is 0. The monoisotopic (exact) mass is 371 g/mol. The second kappa shape index (κ2) is 7.25. The Balaban J connectivity index is 1.80. The van der Waals surface area contributed by atoms with Crippen LogP contribution >= 0.6 is 22.9 Å². The molecule has 3 aromatic rings. The van der Waals surface area contributed by atoms with Gasteiger partial charge in [-0.05, 0) is 56.2 Å². The normalized spacial score (nSPS) is 10.6. The molecule has 2 N–H and O–H groups in total. The molecule has 0 bridgehead atoms. The van der Waals surface area contributed by atoms with Crippen molar-refractivity contribution in [2.75, 3.05) is 10.6 Å². The minimum atomic E-state index is -0.183. The Hall–Kier alpha value is -2.37. The first-order valence-electron chi connectivity index (χ1n) is 7.81. The molecule has 0 unspecified atom stereocenters. The summed E-state index contributed by atoms with van der Waals surface area (Å²) in [6.07, 6.45) is 0. The minimum absolute atomic E-state index is 0.183. The number of benzene rings is 2. The summed E-state index contributed by atoms with van der Waals surface area (Å²) in [5.74, 6) is -0.183. The van der Waals surface area contributed by atoms with Crippen LogP contribution in [-0.4, -0.2) is 10.9 Å². The molecule has 25 heavy (non-hydrogen) atoms. The first-order chi connectivity index (χ1) is 11.9. The molecule has 2 aromatic carbocycles. The Bertz CT molecular complexity index is 936. The number of amides is 1. The molecule has 1 heterocycles. The maximum absolute atomic E-state index is 12.6. The molecule has 0 aliphatic carbocycles. The number of halogens is 1. The Labute approximate surface area is 155 Å². The summed E-state index contributed by atoms with van der Waals surface area (Å²) in [6.45, 7) is 5.74. The zero-order valence-corrected chi connectivity index (χ0v) is 15.8. The van der Waals surface area contributed by atoms with E-state index in [0.717, 1.165) is 16.8 Å². The van der Waals surface area contributed by atoms with Crippen LogP contribution in [0, 0.1) is 20.8 Å². The summed E-state index contributed by atoms with van der Waals surface area (Å²) in [4.78, 5) is 17.6. The van der Waals surface area contributed by atoms with Crippen molar-refractivity contribution in [3.63, 3.8) is 0 Å². The topological polar surface area (TPSA) is 54.0 Å². The molecule has 4 nitrogen and oxygen atoms in total. The predicted octanol–water partition coefficient (Wildman–Crippen LogP) is 5.72. The Morgan fingerprint density at radius 1 is 1.12 bits per heavy atom. The summed E-state index contributed by atoms with van der Waals surface area (Å²) in [5.41, 5.74) is 4.35. The van der Waals surface area contributed by atoms with Gasteiger partial charge in [-0.15, -0.1) is 0 Å². The van der Waals surface area contributed by atoms with Gasteiger partial charge in [0.15, 0.2) is 5.13 Å². The van der Waals surface area contributed by atoms with Crippen molar-refractivity contribution in [3.05, 3.63) is 69.2 Å². The van der Waals surface area contributed by atoms with Gasteiger partial charge in [-0.3, -0.25) is 4.79 Å². The van der Waals surface area contributed by atoms with E-state index in [-0.39, 0.29) is 5.91 Å². The van der Waals surface area contributed by atoms with Gasteiger partial charge in [-0.2, -0.15) is 0 Å². The second-order valence-electron chi connectivity index (χ2n) is 5.79. The molecule has 0 aliphatic rings. The van der Waals surface area contributed by atoms with Crippen molar-refractivity contribution in [2.24, 2.45) is 0 Å². The zero-order valence-electron chi connectivity index (χ0n) is 14.2. The van der Waals surface area contributed by atoms with Crippen LogP contribution in [0.15, 0.2) is 42.5 Å². The summed E-state index contributed by atoms with van der Waals surface area (Å²) >= 11 is 7.44. The van der Waals surface area contributed by atoms with Crippen LogP contribution in [0.25, 0.3) is 0 Å². The van der Waals surface area contributed by atoms with Crippen LogP contribution in [0.2, 0.25) is 5.02 Å².